The minimum absolute atomic E-state index is 0.113. The highest BCUT2D eigenvalue weighted by Crippen LogP contribution is 2.36. The van der Waals surface area contributed by atoms with E-state index >= 15 is 0 Å². The van der Waals surface area contributed by atoms with E-state index < -0.39 is 5.41 Å². The lowest BCUT2D eigenvalue weighted by Crippen LogP contribution is -2.34. The third-order valence-corrected chi connectivity index (χ3v) is 2.43. The Kier molecular flexibility index (Phi) is 2.55. The first kappa shape index (κ1) is 9.96. The van der Waals surface area contributed by atoms with Crippen molar-refractivity contribution in [3.8, 4) is 0 Å². The molecule has 1 rings (SSSR count). The Morgan fingerprint density at radius 1 is 1.62 bits per heavy atom. The third kappa shape index (κ3) is 1.64. The van der Waals surface area contributed by atoms with Gasteiger partial charge in [0.25, 0.3) is 0 Å². The van der Waals surface area contributed by atoms with Gasteiger partial charge in [-0.1, -0.05) is 5.57 Å². The molecule has 3 nitrogen and oxygen atoms in total. The highest BCUT2D eigenvalue weighted by molar-refractivity contribution is 6.03. The highest BCUT2D eigenvalue weighted by Gasteiger charge is 2.48. The van der Waals surface area contributed by atoms with E-state index in [9.17, 15) is 9.59 Å². The highest BCUT2D eigenvalue weighted by atomic mass is 16.5. The molecule has 1 unspecified atom stereocenters. The Hall–Kier alpha value is -1.12. The van der Waals surface area contributed by atoms with Gasteiger partial charge >= 0.3 is 5.97 Å². The van der Waals surface area contributed by atoms with Gasteiger partial charge in [-0.15, -0.1) is 6.58 Å². The Morgan fingerprint density at radius 3 is 2.54 bits per heavy atom. The van der Waals surface area contributed by atoms with Crippen molar-refractivity contribution in [3.05, 3.63) is 12.2 Å². The Balaban J connectivity index is 2.93. The minimum atomic E-state index is -0.925. The van der Waals surface area contributed by atoms with Gasteiger partial charge in [0, 0.05) is 6.42 Å². The SMILES string of the molecule is C=C(C)CC1(C(C)=O)CCOC1=O. The molecule has 0 amide bonds. The predicted molar refractivity (Wildman–Crippen MR) is 48.1 cm³/mol. The van der Waals surface area contributed by atoms with Crippen LogP contribution in [0.4, 0.5) is 0 Å². The zero-order valence-electron chi connectivity index (χ0n) is 8.05. The summed E-state index contributed by atoms with van der Waals surface area (Å²) >= 11 is 0. The molecule has 0 N–H and O–H groups in total. The molecule has 0 bridgehead atoms. The van der Waals surface area contributed by atoms with E-state index in [-0.39, 0.29) is 11.8 Å². The van der Waals surface area contributed by atoms with Crippen molar-refractivity contribution in [2.24, 2.45) is 5.41 Å². The van der Waals surface area contributed by atoms with Crippen LogP contribution in [-0.4, -0.2) is 18.4 Å². The van der Waals surface area contributed by atoms with Gasteiger partial charge < -0.3 is 4.74 Å². The quantitative estimate of drug-likeness (QED) is 0.377. The van der Waals surface area contributed by atoms with E-state index in [1.165, 1.54) is 6.92 Å². The summed E-state index contributed by atoms with van der Waals surface area (Å²) in [7, 11) is 0. The number of carbonyl (C=O) groups excluding carboxylic acids is 2. The second-order valence-corrected chi connectivity index (χ2v) is 3.66. The summed E-state index contributed by atoms with van der Waals surface area (Å²) in [6.45, 7) is 7.33. The molecule has 3 heteroatoms. The molecule has 0 saturated carbocycles. The van der Waals surface area contributed by atoms with Crippen LogP contribution in [0.1, 0.15) is 26.7 Å². The van der Waals surface area contributed by atoms with E-state index in [4.69, 9.17) is 4.74 Å². The van der Waals surface area contributed by atoms with Crippen LogP contribution in [0.15, 0.2) is 12.2 Å². The summed E-state index contributed by atoms with van der Waals surface area (Å²) in [6.07, 6.45) is 0.912. The maximum atomic E-state index is 11.4. The number of cyclic esters (lactones) is 1. The smallest absolute Gasteiger partial charge is 0.320 e. The molecule has 0 radical (unpaired) electrons. The van der Waals surface area contributed by atoms with Crippen molar-refractivity contribution in [1.29, 1.82) is 0 Å². The molecular formula is C10H14O3. The Morgan fingerprint density at radius 2 is 2.23 bits per heavy atom. The maximum absolute atomic E-state index is 11.4. The van der Waals surface area contributed by atoms with Crippen molar-refractivity contribution in [3.63, 3.8) is 0 Å². The summed E-state index contributed by atoms with van der Waals surface area (Å²) in [4.78, 5) is 22.8. The molecule has 0 spiro atoms. The van der Waals surface area contributed by atoms with Gasteiger partial charge in [0.05, 0.1) is 6.61 Å². The average molecular weight is 182 g/mol. The van der Waals surface area contributed by atoms with Gasteiger partial charge in [-0.25, -0.2) is 0 Å². The molecule has 1 saturated heterocycles. The fourth-order valence-electron chi connectivity index (χ4n) is 1.68. The molecule has 0 aromatic carbocycles. The van der Waals surface area contributed by atoms with Crippen molar-refractivity contribution in [2.45, 2.75) is 26.7 Å². The number of rotatable bonds is 3. The normalized spacial score (nSPS) is 27.1. The third-order valence-electron chi connectivity index (χ3n) is 2.43. The summed E-state index contributed by atoms with van der Waals surface area (Å²) in [5, 5.41) is 0. The zero-order valence-corrected chi connectivity index (χ0v) is 8.05. The van der Waals surface area contributed by atoms with Crippen LogP contribution >= 0.6 is 0 Å². The molecule has 1 aliphatic heterocycles. The number of ether oxygens (including phenoxy) is 1. The second kappa shape index (κ2) is 3.32. The molecule has 0 aromatic heterocycles. The van der Waals surface area contributed by atoms with Gasteiger partial charge in [-0.3, -0.25) is 9.59 Å². The van der Waals surface area contributed by atoms with E-state index in [2.05, 4.69) is 6.58 Å². The first-order chi connectivity index (χ1) is 5.99. The molecule has 1 heterocycles. The number of carbonyl (C=O) groups is 2. The second-order valence-electron chi connectivity index (χ2n) is 3.66. The fourth-order valence-corrected chi connectivity index (χ4v) is 1.68. The number of esters is 1. The van der Waals surface area contributed by atoms with Crippen LogP contribution in [0.3, 0.4) is 0 Å². The number of hydrogen-bond donors (Lipinski definition) is 0. The van der Waals surface area contributed by atoms with E-state index in [0.29, 0.717) is 19.4 Å². The van der Waals surface area contributed by atoms with Crippen molar-refractivity contribution in [2.75, 3.05) is 6.61 Å². The molecule has 1 fully saturated rings. The molecule has 0 aromatic rings. The van der Waals surface area contributed by atoms with Crippen molar-refractivity contribution < 1.29 is 14.3 Å². The molecule has 72 valence electrons. The topological polar surface area (TPSA) is 43.4 Å². The molecule has 1 aliphatic rings. The van der Waals surface area contributed by atoms with Gasteiger partial charge in [-0.05, 0) is 20.3 Å². The van der Waals surface area contributed by atoms with Gasteiger partial charge in [0.2, 0.25) is 0 Å². The first-order valence-corrected chi connectivity index (χ1v) is 4.32. The number of Topliss-reactive ketones (excluding diaryl/α,β-unsaturated/α-hetero) is 1. The van der Waals surface area contributed by atoms with E-state index in [1.54, 1.807) is 0 Å². The van der Waals surface area contributed by atoms with Crippen LogP contribution in [0.5, 0.6) is 0 Å². The predicted octanol–water partition coefficient (Wildman–Crippen LogP) is 1.47. The lowest BCUT2D eigenvalue weighted by Gasteiger charge is -2.20. The Bertz CT molecular complexity index is 267. The fraction of sp³-hybridized carbons (Fsp3) is 0.600. The van der Waals surface area contributed by atoms with Crippen LogP contribution < -0.4 is 0 Å². The lowest BCUT2D eigenvalue weighted by molar-refractivity contribution is -0.150. The summed E-state index contributed by atoms with van der Waals surface area (Å²) in [5.41, 5.74) is -0.0831. The minimum Gasteiger partial charge on any atom is -0.465 e. The van der Waals surface area contributed by atoms with Crippen LogP contribution in [-0.2, 0) is 14.3 Å². The zero-order chi connectivity index (χ0) is 10.1. The molecule has 0 aliphatic carbocycles. The number of allylic oxidation sites excluding steroid dienone is 1. The standard InChI is InChI=1S/C10H14O3/c1-7(2)6-10(8(3)11)4-5-13-9(10)12/h1,4-6H2,2-3H3. The maximum Gasteiger partial charge on any atom is 0.320 e. The average Bonchev–Trinajstić information content (AvgIpc) is 2.32. The first-order valence-electron chi connectivity index (χ1n) is 4.32. The van der Waals surface area contributed by atoms with Gasteiger partial charge in [0.15, 0.2) is 0 Å². The van der Waals surface area contributed by atoms with Crippen molar-refractivity contribution >= 4 is 11.8 Å². The van der Waals surface area contributed by atoms with Gasteiger partial charge in [-0.2, -0.15) is 0 Å². The molecule has 13 heavy (non-hydrogen) atoms. The Labute approximate surface area is 77.8 Å². The van der Waals surface area contributed by atoms with Crippen LogP contribution in [0, 0.1) is 5.41 Å². The lowest BCUT2D eigenvalue weighted by atomic mass is 9.77. The summed E-state index contributed by atoms with van der Waals surface area (Å²) < 4.78 is 4.83. The van der Waals surface area contributed by atoms with E-state index in [0.717, 1.165) is 5.57 Å². The largest absolute Gasteiger partial charge is 0.465 e. The van der Waals surface area contributed by atoms with E-state index in [1.807, 2.05) is 6.92 Å². The number of hydrogen-bond acceptors (Lipinski definition) is 3. The number of ketones is 1. The van der Waals surface area contributed by atoms with Crippen molar-refractivity contribution in [1.82, 2.24) is 0 Å². The molecule has 1 atom stereocenters. The van der Waals surface area contributed by atoms with Crippen LogP contribution in [0.25, 0.3) is 0 Å². The monoisotopic (exact) mass is 182 g/mol. The van der Waals surface area contributed by atoms with Crippen LogP contribution in [0.2, 0.25) is 0 Å². The molecular weight excluding hydrogens is 168 g/mol. The summed E-state index contributed by atoms with van der Waals surface area (Å²) in [5.74, 6) is -0.499. The summed E-state index contributed by atoms with van der Waals surface area (Å²) in [6, 6.07) is 0. The van der Waals surface area contributed by atoms with Gasteiger partial charge in [0.1, 0.15) is 11.2 Å².